The largest absolute Gasteiger partial charge is 0.358 e. The van der Waals surface area contributed by atoms with Crippen molar-refractivity contribution in [2.75, 3.05) is 0 Å². The zero-order valence-corrected chi connectivity index (χ0v) is 9.58. The van der Waals surface area contributed by atoms with Crippen molar-refractivity contribution in [1.29, 1.82) is 0 Å². The molecule has 94 valence electrons. The van der Waals surface area contributed by atoms with E-state index in [0.717, 1.165) is 0 Å². The van der Waals surface area contributed by atoms with Gasteiger partial charge >= 0.3 is 5.82 Å². The summed E-state index contributed by atoms with van der Waals surface area (Å²) in [7, 11) is 1.47. The second kappa shape index (κ2) is 4.70. The van der Waals surface area contributed by atoms with Crippen LogP contribution in [0.1, 0.15) is 16.3 Å². The van der Waals surface area contributed by atoms with Crippen molar-refractivity contribution in [1.82, 2.24) is 19.9 Å². The minimum Gasteiger partial charge on any atom is -0.358 e. The van der Waals surface area contributed by atoms with Crippen LogP contribution in [0.5, 0.6) is 0 Å². The van der Waals surface area contributed by atoms with Crippen molar-refractivity contribution >= 4 is 11.7 Å². The molecule has 0 aliphatic heterocycles. The van der Waals surface area contributed by atoms with E-state index in [9.17, 15) is 14.9 Å². The van der Waals surface area contributed by atoms with Crippen LogP contribution in [0.25, 0.3) is 0 Å². The molecule has 0 unspecified atom stereocenters. The minimum atomic E-state index is -0.538. The SMILES string of the molecule is Cn1c(C(=O)NCc2ncc[nH]2)ccc1[N+](=O)[O-]. The number of imidazole rings is 1. The van der Waals surface area contributed by atoms with Crippen LogP contribution in [0.2, 0.25) is 0 Å². The summed E-state index contributed by atoms with van der Waals surface area (Å²) in [5.41, 5.74) is 0.230. The summed E-state index contributed by atoms with van der Waals surface area (Å²) in [6, 6.07) is 2.71. The minimum absolute atomic E-state index is 0.127. The molecule has 0 spiro atoms. The summed E-state index contributed by atoms with van der Waals surface area (Å²) in [6.07, 6.45) is 3.23. The van der Waals surface area contributed by atoms with E-state index in [4.69, 9.17) is 0 Å². The van der Waals surface area contributed by atoms with E-state index in [1.54, 1.807) is 12.4 Å². The van der Waals surface area contributed by atoms with Crippen molar-refractivity contribution in [2.24, 2.45) is 7.05 Å². The molecule has 2 N–H and O–H groups in total. The topological polar surface area (TPSA) is 106 Å². The maximum atomic E-state index is 11.8. The van der Waals surface area contributed by atoms with Gasteiger partial charge in [0.25, 0.3) is 5.91 Å². The summed E-state index contributed by atoms with van der Waals surface area (Å²) < 4.78 is 1.23. The molecule has 2 heterocycles. The Kier molecular flexibility index (Phi) is 3.09. The molecular formula is C10H11N5O3. The van der Waals surface area contributed by atoms with Gasteiger partial charge in [-0.2, -0.15) is 0 Å². The van der Waals surface area contributed by atoms with Gasteiger partial charge in [0, 0.05) is 18.5 Å². The fourth-order valence-electron chi connectivity index (χ4n) is 1.56. The molecular weight excluding hydrogens is 238 g/mol. The Morgan fingerprint density at radius 3 is 2.94 bits per heavy atom. The number of carbonyl (C=O) groups is 1. The van der Waals surface area contributed by atoms with Crippen molar-refractivity contribution in [2.45, 2.75) is 6.54 Å². The maximum absolute atomic E-state index is 11.8. The van der Waals surface area contributed by atoms with Crippen LogP contribution in [-0.4, -0.2) is 25.4 Å². The van der Waals surface area contributed by atoms with E-state index in [2.05, 4.69) is 15.3 Å². The molecule has 0 aliphatic rings. The first-order valence-corrected chi connectivity index (χ1v) is 5.16. The van der Waals surface area contributed by atoms with Gasteiger partial charge in [-0.15, -0.1) is 0 Å². The molecule has 0 saturated carbocycles. The summed E-state index contributed by atoms with van der Waals surface area (Å²) in [5.74, 6) is 0.104. The average molecular weight is 249 g/mol. The molecule has 1 amide bonds. The van der Waals surface area contributed by atoms with Crippen LogP contribution in [0.15, 0.2) is 24.5 Å². The molecule has 0 radical (unpaired) electrons. The lowest BCUT2D eigenvalue weighted by Crippen LogP contribution is -2.25. The normalized spacial score (nSPS) is 10.3. The quantitative estimate of drug-likeness (QED) is 0.610. The number of nitrogens with zero attached hydrogens (tertiary/aromatic N) is 3. The van der Waals surface area contributed by atoms with E-state index in [1.165, 1.54) is 23.7 Å². The Morgan fingerprint density at radius 2 is 2.39 bits per heavy atom. The second-order valence-electron chi connectivity index (χ2n) is 3.61. The van der Waals surface area contributed by atoms with Crippen LogP contribution in [0, 0.1) is 10.1 Å². The van der Waals surface area contributed by atoms with Crippen molar-refractivity contribution < 1.29 is 9.72 Å². The summed E-state index contributed by atoms with van der Waals surface area (Å²) in [4.78, 5) is 28.7. The zero-order valence-electron chi connectivity index (χ0n) is 9.58. The second-order valence-corrected chi connectivity index (χ2v) is 3.61. The van der Waals surface area contributed by atoms with Crippen LogP contribution >= 0.6 is 0 Å². The fraction of sp³-hybridized carbons (Fsp3) is 0.200. The number of carbonyl (C=O) groups excluding carboxylic acids is 1. The molecule has 8 heteroatoms. The maximum Gasteiger partial charge on any atom is 0.323 e. The van der Waals surface area contributed by atoms with Gasteiger partial charge in [0.1, 0.15) is 5.82 Å². The predicted molar refractivity (Wildman–Crippen MR) is 61.8 cm³/mol. The molecule has 0 saturated heterocycles. The first kappa shape index (κ1) is 11.8. The third-order valence-electron chi connectivity index (χ3n) is 2.49. The highest BCUT2D eigenvalue weighted by molar-refractivity contribution is 5.93. The monoisotopic (exact) mass is 249 g/mol. The lowest BCUT2D eigenvalue weighted by molar-refractivity contribution is -0.391. The number of aromatic nitrogens is 3. The smallest absolute Gasteiger partial charge is 0.323 e. The van der Waals surface area contributed by atoms with Gasteiger partial charge in [-0.3, -0.25) is 4.79 Å². The molecule has 2 rings (SSSR count). The fourth-order valence-corrected chi connectivity index (χ4v) is 1.56. The highest BCUT2D eigenvalue weighted by Gasteiger charge is 2.20. The third kappa shape index (κ3) is 2.21. The number of rotatable bonds is 4. The van der Waals surface area contributed by atoms with Crippen LogP contribution in [0.3, 0.4) is 0 Å². The summed E-state index contributed by atoms with van der Waals surface area (Å²) >= 11 is 0. The van der Waals surface area contributed by atoms with E-state index < -0.39 is 4.92 Å². The van der Waals surface area contributed by atoms with Crippen LogP contribution in [-0.2, 0) is 13.6 Å². The highest BCUT2D eigenvalue weighted by Crippen LogP contribution is 2.14. The number of nitro groups is 1. The van der Waals surface area contributed by atoms with Gasteiger partial charge in [-0.25, -0.2) is 9.55 Å². The zero-order chi connectivity index (χ0) is 13.1. The molecule has 8 nitrogen and oxygen atoms in total. The van der Waals surface area contributed by atoms with Gasteiger partial charge in [0.2, 0.25) is 0 Å². The standard InChI is InChI=1S/C10H11N5O3/c1-14-7(2-3-9(14)15(17)18)10(16)13-6-8-11-4-5-12-8/h2-5H,6H2,1H3,(H,11,12)(H,13,16). The van der Waals surface area contributed by atoms with Crippen LogP contribution in [0.4, 0.5) is 5.82 Å². The number of hydrogen-bond donors (Lipinski definition) is 2. The number of H-pyrrole nitrogens is 1. The highest BCUT2D eigenvalue weighted by atomic mass is 16.6. The molecule has 0 atom stereocenters. The number of amides is 1. The first-order chi connectivity index (χ1) is 8.59. The molecule has 0 aliphatic carbocycles. The summed E-state index contributed by atoms with van der Waals surface area (Å²) in [6.45, 7) is 0.241. The van der Waals surface area contributed by atoms with Crippen molar-refractivity contribution in [3.8, 4) is 0 Å². The van der Waals surface area contributed by atoms with Gasteiger partial charge in [-0.1, -0.05) is 0 Å². The number of hydrogen-bond acceptors (Lipinski definition) is 4. The van der Waals surface area contributed by atoms with Gasteiger partial charge in [0.15, 0.2) is 5.69 Å². The van der Waals surface area contributed by atoms with E-state index >= 15 is 0 Å². The van der Waals surface area contributed by atoms with Crippen LogP contribution < -0.4 is 5.32 Å². The summed E-state index contributed by atoms with van der Waals surface area (Å²) in [5, 5.41) is 13.3. The number of nitrogens with one attached hydrogen (secondary N) is 2. The predicted octanol–water partition coefficient (Wildman–Crippen LogP) is 0.586. The third-order valence-corrected chi connectivity index (χ3v) is 2.49. The Balaban J connectivity index is 2.07. The van der Waals surface area contributed by atoms with E-state index in [0.29, 0.717) is 5.82 Å². The van der Waals surface area contributed by atoms with Gasteiger partial charge < -0.3 is 20.4 Å². The van der Waals surface area contributed by atoms with Crippen molar-refractivity contribution in [3.63, 3.8) is 0 Å². The lowest BCUT2D eigenvalue weighted by Gasteiger charge is -2.02. The molecule has 0 bridgehead atoms. The Hall–Kier alpha value is -2.64. The Labute approximate surface area is 102 Å². The Morgan fingerprint density at radius 1 is 1.61 bits per heavy atom. The van der Waals surface area contributed by atoms with Gasteiger partial charge in [-0.05, 0) is 11.0 Å². The van der Waals surface area contributed by atoms with E-state index in [1.807, 2.05) is 0 Å². The Bertz CT molecular complexity index is 572. The molecule has 0 aromatic carbocycles. The van der Waals surface area contributed by atoms with Crippen molar-refractivity contribution in [3.05, 3.63) is 46.2 Å². The molecule has 2 aromatic heterocycles. The van der Waals surface area contributed by atoms with Gasteiger partial charge in [0.05, 0.1) is 13.6 Å². The first-order valence-electron chi connectivity index (χ1n) is 5.16. The molecule has 2 aromatic rings. The number of aromatic amines is 1. The van der Waals surface area contributed by atoms with E-state index in [-0.39, 0.29) is 24.0 Å². The average Bonchev–Trinajstić information content (AvgIpc) is 2.94. The lowest BCUT2D eigenvalue weighted by atomic mass is 10.4. The molecule has 18 heavy (non-hydrogen) atoms. The molecule has 0 fully saturated rings.